The molecular formula is C15H28N2. The molecule has 1 unspecified atom stereocenters. The standard InChI is InChI=1S/C15H28N2/c1-17(2)10-11-4-3-7-15(9-11)13-6-5-12(8-13)14(15)16/h11-14H,3-10,16H2,1-2H3/t11-,12-,13?,14-,15-/m1/s1. The highest BCUT2D eigenvalue weighted by Gasteiger charge is 2.57. The average molecular weight is 236 g/mol. The maximum Gasteiger partial charge on any atom is 0.0127 e. The molecule has 3 aliphatic rings. The first-order chi connectivity index (χ1) is 8.12. The Morgan fingerprint density at radius 3 is 2.71 bits per heavy atom. The zero-order valence-corrected chi connectivity index (χ0v) is 11.5. The van der Waals surface area contributed by atoms with Gasteiger partial charge in [-0.2, -0.15) is 0 Å². The minimum atomic E-state index is 0.534. The predicted octanol–water partition coefficient (Wildman–Crippen LogP) is 2.48. The van der Waals surface area contributed by atoms with E-state index in [0.717, 1.165) is 17.8 Å². The number of nitrogens with zero attached hydrogens (tertiary/aromatic N) is 1. The highest BCUT2D eigenvalue weighted by molar-refractivity contribution is 5.10. The van der Waals surface area contributed by atoms with E-state index in [-0.39, 0.29) is 0 Å². The smallest absolute Gasteiger partial charge is 0.0127 e. The molecule has 0 radical (unpaired) electrons. The molecule has 98 valence electrons. The summed E-state index contributed by atoms with van der Waals surface area (Å²) >= 11 is 0. The summed E-state index contributed by atoms with van der Waals surface area (Å²) in [4.78, 5) is 2.36. The molecule has 5 atom stereocenters. The van der Waals surface area contributed by atoms with Gasteiger partial charge in [-0.3, -0.25) is 0 Å². The van der Waals surface area contributed by atoms with Gasteiger partial charge in [0.15, 0.2) is 0 Å². The zero-order chi connectivity index (χ0) is 12.0. The van der Waals surface area contributed by atoms with Crippen LogP contribution in [0.2, 0.25) is 0 Å². The molecule has 2 heteroatoms. The van der Waals surface area contributed by atoms with Crippen molar-refractivity contribution in [2.24, 2.45) is 28.9 Å². The predicted molar refractivity (Wildman–Crippen MR) is 71.8 cm³/mol. The Morgan fingerprint density at radius 1 is 1.24 bits per heavy atom. The molecule has 3 aliphatic carbocycles. The number of fused-ring (bicyclic) bond motifs is 3. The van der Waals surface area contributed by atoms with E-state index in [2.05, 4.69) is 19.0 Å². The van der Waals surface area contributed by atoms with E-state index in [9.17, 15) is 0 Å². The Kier molecular flexibility index (Phi) is 2.99. The summed E-state index contributed by atoms with van der Waals surface area (Å²) < 4.78 is 0. The molecule has 0 aromatic heterocycles. The summed E-state index contributed by atoms with van der Waals surface area (Å²) in [5.41, 5.74) is 7.17. The van der Waals surface area contributed by atoms with Gasteiger partial charge in [-0.25, -0.2) is 0 Å². The maximum atomic E-state index is 6.61. The Hall–Kier alpha value is -0.0800. The number of nitrogens with two attached hydrogens (primary N) is 1. The normalized spacial score (nSPS) is 49.4. The molecule has 3 fully saturated rings. The molecule has 2 N–H and O–H groups in total. The van der Waals surface area contributed by atoms with Crippen LogP contribution in [0.15, 0.2) is 0 Å². The fourth-order valence-corrected chi connectivity index (χ4v) is 5.41. The largest absolute Gasteiger partial charge is 0.327 e. The summed E-state index contributed by atoms with van der Waals surface area (Å²) in [6.07, 6.45) is 10.1. The molecule has 0 amide bonds. The summed E-state index contributed by atoms with van der Waals surface area (Å²) in [5.74, 6) is 2.76. The summed E-state index contributed by atoms with van der Waals surface area (Å²) in [7, 11) is 4.42. The molecule has 1 spiro atoms. The fourth-order valence-electron chi connectivity index (χ4n) is 5.41. The lowest BCUT2D eigenvalue weighted by Crippen LogP contribution is -2.49. The lowest BCUT2D eigenvalue weighted by molar-refractivity contribution is 0.0407. The third-order valence-corrected chi connectivity index (χ3v) is 6.00. The first-order valence-electron chi connectivity index (χ1n) is 7.52. The monoisotopic (exact) mass is 236 g/mol. The van der Waals surface area contributed by atoms with Crippen molar-refractivity contribution >= 4 is 0 Å². The Bertz CT molecular complexity index is 285. The second-order valence-electron chi connectivity index (χ2n) is 7.25. The van der Waals surface area contributed by atoms with Crippen molar-refractivity contribution in [3.8, 4) is 0 Å². The van der Waals surface area contributed by atoms with Gasteiger partial charge in [0.25, 0.3) is 0 Å². The van der Waals surface area contributed by atoms with Crippen molar-refractivity contribution in [2.75, 3.05) is 20.6 Å². The van der Waals surface area contributed by atoms with Gasteiger partial charge < -0.3 is 10.6 Å². The maximum absolute atomic E-state index is 6.61. The topological polar surface area (TPSA) is 29.3 Å². The Balaban J connectivity index is 1.74. The second kappa shape index (κ2) is 4.24. The minimum Gasteiger partial charge on any atom is -0.327 e. The van der Waals surface area contributed by atoms with Gasteiger partial charge in [-0.05, 0) is 75.8 Å². The van der Waals surface area contributed by atoms with Crippen molar-refractivity contribution < 1.29 is 0 Å². The Morgan fingerprint density at radius 2 is 2.06 bits per heavy atom. The van der Waals surface area contributed by atoms with Crippen molar-refractivity contribution in [3.05, 3.63) is 0 Å². The lowest BCUT2D eigenvalue weighted by atomic mass is 9.59. The van der Waals surface area contributed by atoms with Crippen LogP contribution in [0.25, 0.3) is 0 Å². The van der Waals surface area contributed by atoms with E-state index in [1.54, 1.807) is 0 Å². The molecule has 3 saturated carbocycles. The molecule has 17 heavy (non-hydrogen) atoms. The lowest BCUT2D eigenvalue weighted by Gasteiger charge is -2.48. The summed E-state index contributed by atoms with van der Waals surface area (Å²) in [6, 6.07) is 0.534. The van der Waals surface area contributed by atoms with Crippen LogP contribution in [0.4, 0.5) is 0 Å². The fraction of sp³-hybridized carbons (Fsp3) is 1.00. The summed E-state index contributed by atoms with van der Waals surface area (Å²) in [5, 5.41) is 0. The van der Waals surface area contributed by atoms with Crippen LogP contribution < -0.4 is 5.73 Å². The van der Waals surface area contributed by atoms with Gasteiger partial charge in [0, 0.05) is 12.6 Å². The van der Waals surface area contributed by atoms with Crippen LogP contribution in [-0.4, -0.2) is 31.6 Å². The van der Waals surface area contributed by atoms with Gasteiger partial charge in [-0.15, -0.1) is 0 Å². The number of hydrogen-bond donors (Lipinski definition) is 1. The van der Waals surface area contributed by atoms with E-state index in [4.69, 9.17) is 5.73 Å². The van der Waals surface area contributed by atoms with Crippen molar-refractivity contribution in [3.63, 3.8) is 0 Å². The van der Waals surface area contributed by atoms with Gasteiger partial charge in [0.05, 0.1) is 0 Å². The third kappa shape index (κ3) is 1.84. The molecular weight excluding hydrogens is 208 g/mol. The SMILES string of the molecule is CN(C)C[C@@H]1CCC[C@@]2(C1)C1CC[C@H](C1)[C@H]2N. The third-order valence-electron chi connectivity index (χ3n) is 6.00. The van der Waals surface area contributed by atoms with Crippen molar-refractivity contribution in [1.29, 1.82) is 0 Å². The van der Waals surface area contributed by atoms with Crippen LogP contribution in [0.5, 0.6) is 0 Å². The second-order valence-corrected chi connectivity index (χ2v) is 7.25. The van der Waals surface area contributed by atoms with Crippen molar-refractivity contribution in [1.82, 2.24) is 4.90 Å². The Labute approximate surface area is 106 Å². The van der Waals surface area contributed by atoms with Crippen LogP contribution in [-0.2, 0) is 0 Å². The molecule has 3 rings (SSSR count). The first-order valence-corrected chi connectivity index (χ1v) is 7.52. The molecule has 2 nitrogen and oxygen atoms in total. The van der Waals surface area contributed by atoms with Crippen LogP contribution in [0, 0.1) is 23.2 Å². The highest BCUT2D eigenvalue weighted by atomic mass is 15.1. The quantitative estimate of drug-likeness (QED) is 0.798. The van der Waals surface area contributed by atoms with Gasteiger partial charge in [0.2, 0.25) is 0 Å². The first kappa shape index (κ1) is 12.0. The highest BCUT2D eigenvalue weighted by Crippen LogP contribution is 2.61. The van der Waals surface area contributed by atoms with Crippen LogP contribution >= 0.6 is 0 Å². The van der Waals surface area contributed by atoms with E-state index < -0.39 is 0 Å². The molecule has 0 aromatic carbocycles. The van der Waals surface area contributed by atoms with Crippen molar-refractivity contribution in [2.45, 2.75) is 51.0 Å². The molecule has 2 bridgehead atoms. The molecule has 0 aliphatic heterocycles. The van der Waals surface area contributed by atoms with Gasteiger partial charge >= 0.3 is 0 Å². The minimum absolute atomic E-state index is 0.534. The number of rotatable bonds is 2. The molecule has 0 heterocycles. The van der Waals surface area contributed by atoms with E-state index in [1.165, 1.54) is 51.5 Å². The van der Waals surface area contributed by atoms with Gasteiger partial charge in [0.1, 0.15) is 0 Å². The van der Waals surface area contributed by atoms with Crippen LogP contribution in [0.3, 0.4) is 0 Å². The number of hydrogen-bond acceptors (Lipinski definition) is 2. The zero-order valence-electron chi connectivity index (χ0n) is 11.5. The summed E-state index contributed by atoms with van der Waals surface area (Å²) in [6.45, 7) is 1.27. The molecule has 0 aromatic rings. The van der Waals surface area contributed by atoms with E-state index in [0.29, 0.717) is 11.5 Å². The van der Waals surface area contributed by atoms with E-state index in [1.807, 2.05) is 0 Å². The average Bonchev–Trinajstić information content (AvgIpc) is 2.83. The van der Waals surface area contributed by atoms with Crippen LogP contribution in [0.1, 0.15) is 44.9 Å². The molecule has 0 saturated heterocycles. The van der Waals surface area contributed by atoms with E-state index >= 15 is 0 Å². The van der Waals surface area contributed by atoms with Gasteiger partial charge in [-0.1, -0.05) is 6.42 Å².